The van der Waals surface area contributed by atoms with Crippen LogP contribution in [0.4, 0.5) is 0 Å². The van der Waals surface area contributed by atoms with Crippen LogP contribution >= 0.6 is 0 Å². The number of benzene rings is 1. The molecule has 10 nitrogen and oxygen atoms in total. The number of hydrogen-bond donors (Lipinski definition) is 4. The number of carboxylic acid groups (broad SMARTS) is 1. The molecule has 29 heavy (non-hydrogen) atoms. The highest BCUT2D eigenvalue weighted by molar-refractivity contribution is 6.47. The predicted octanol–water partition coefficient (Wildman–Crippen LogP) is -0.344. The van der Waals surface area contributed by atoms with Crippen molar-refractivity contribution in [2.24, 2.45) is 0 Å². The fourth-order valence-electron chi connectivity index (χ4n) is 3.13. The lowest BCUT2D eigenvalue weighted by molar-refractivity contribution is -0.122. The number of carboxylic acids is 1. The molecule has 1 atom stereocenters. The van der Waals surface area contributed by atoms with Crippen LogP contribution in [0.3, 0.4) is 0 Å². The summed E-state index contributed by atoms with van der Waals surface area (Å²) in [5.41, 5.74) is 1.37. The number of aromatic carboxylic acids is 1. The Morgan fingerprint density at radius 3 is 2.93 bits per heavy atom. The van der Waals surface area contributed by atoms with E-state index in [1.165, 1.54) is 10.7 Å². The molecule has 4 N–H and O–H groups in total. The first-order valence-corrected chi connectivity index (χ1v) is 9.45. The summed E-state index contributed by atoms with van der Waals surface area (Å²) >= 11 is 0. The summed E-state index contributed by atoms with van der Waals surface area (Å²) in [6, 6.07) is 5.11. The van der Waals surface area contributed by atoms with Gasteiger partial charge in [-0.15, -0.1) is 5.10 Å². The first kappa shape index (κ1) is 20.8. The van der Waals surface area contributed by atoms with Gasteiger partial charge < -0.3 is 25.4 Å². The van der Waals surface area contributed by atoms with Crippen molar-refractivity contribution in [3.05, 3.63) is 41.2 Å². The lowest BCUT2D eigenvalue weighted by atomic mass is 9.72. The van der Waals surface area contributed by atoms with Gasteiger partial charge in [0.25, 0.3) is 0 Å². The van der Waals surface area contributed by atoms with Crippen LogP contribution in [0.1, 0.15) is 35.5 Å². The molecule has 1 aliphatic heterocycles. The summed E-state index contributed by atoms with van der Waals surface area (Å²) in [5.74, 6) is -2.06. The van der Waals surface area contributed by atoms with Crippen molar-refractivity contribution < 1.29 is 24.4 Å². The van der Waals surface area contributed by atoms with Gasteiger partial charge in [-0.2, -0.15) is 0 Å². The molecule has 0 radical (unpaired) electrons. The zero-order chi connectivity index (χ0) is 21.0. The SMILES string of the molecule is CC(C)NCCc1cn(CC(=O)NC2Cc3cccc(C(=O)O)c3OB2O)nn1. The molecule has 3 rings (SSSR count). The maximum absolute atomic E-state index is 12.4. The number of hydrogen-bond acceptors (Lipinski definition) is 7. The number of carbonyl (C=O) groups excluding carboxylic acids is 1. The fourth-order valence-corrected chi connectivity index (χ4v) is 3.13. The van der Waals surface area contributed by atoms with Crippen LogP contribution < -0.4 is 15.3 Å². The number of nitrogens with zero attached hydrogens (tertiary/aromatic N) is 3. The van der Waals surface area contributed by atoms with E-state index in [0.717, 1.165) is 12.2 Å². The van der Waals surface area contributed by atoms with Gasteiger partial charge in [0.1, 0.15) is 12.3 Å². The molecule has 0 saturated heterocycles. The van der Waals surface area contributed by atoms with Gasteiger partial charge in [0, 0.05) is 25.2 Å². The van der Waals surface area contributed by atoms with E-state index in [2.05, 4.69) is 34.8 Å². The number of amides is 1. The van der Waals surface area contributed by atoms with E-state index in [9.17, 15) is 19.7 Å². The molecule has 0 fully saturated rings. The molecule has 0 spiro atoms. The maximum atomic E-state index is 12.4. The summed E-state index contributed by atoms with van der Waals surface area (Å²) in [6.07, 6.45) is 2.67. The van der Waals surface area contributed by atoms with Crippen molar-refractivity contribution in [2.45, 2.75) is 45.2 Å². The van der Waals surface area contributed by atoms with Crippen LogP contribution in [0.25, 0.3) is 0 Å². The third kappa shape index (κ3) is 5.33. The highest BCUT2D eigenvalue weighted by Gasteiger charge is 2.37. The number of nitrogens with one attached hydrogen (secondary N) is 2. The molecule has 1 aromatic carbocycles. The van der Waals surface area contributed by atoms with E-state index in [-0.39, 0.29) is 30.2 Å². The maximum Gasteiger partial charge on any atom is 0.547 e. The minimum Gasteiger partial charge on any atom is -0.534 e. The summed E-state index contributed by atoms with van der Waals surface area (Å²) < 4.78 is 6.81. The molecular weight excluding hydrogens is 377 g/mol. The minimum atomic E-state index is -1.35. The van der Waals surface area contributed by atoms with E-state index >= 15 is 0 Å². The lowest BCUT2D eigenvalue weighted by Gasteiger charge is -2.28. The largest absolute Gasteiger partial charge is 0.547 e. The van der Waals surface area contributed by atoms with Crippen molar-refractivity contribution in [3.63, 3.8) is 0 Å². The Morgan fingerprint density at radius 2 is 2.21 bits per heavy atom. The predicted molar refractivity (Wildman–Crippen MR) is 105 cm³/mol. The van der Waals surface area contributed by atoms with E-state index in [1.54, 1.807) is 18.3 Å². The third-order valence-corrected chi connectivity index (χ3v) is 4.52. The molecular formula is C18H24BN5O5. The lowest BCUT2D eigenvalue weighted by Crippen LogP contribution is -2.53. The van der Waals surface area contributed by atoms with Crippen molar-refractivity contribution >= 4 is 19.0 Å². The zero-order valence-electron chi connectivity index (χ0n) is 16.3. The van der Waals surface area contributed by atoms with Crippen LogP contribution in [0.15, 0.2) is 24.4 Å². The van der Waals surface area contributed by atoms with Crippen molar-refractivity contribution in [2.75, 3.05) is 6.54 Å². The summed E-state index contributed by atoms with van der Waals surface area (Å²) in [5, 5.41) is 33.4. The number of rotatable bonds is 8. The molecule has 154 valence electrons. The second kappa shape index (κ2) is 9.06. The second-order valence-electron chi connectivity index (χ2n) is 7.25. The molecule has 1 amide bonds. The standard InChI is InChI=1S/C18H24BN5O5/c1-11(2)20-7-6-13-9-24(23-22-13)10-16(25)21-15-8-12-4-3-5-14(18(26)27)17(12)29-19(15)28/h3-5,9,11,15,20,28H,6-8,10H2,1-2H3,(H,21,25)(H,26,27). The fraction of sp³-hybridized carbons (Fsp3) is 0.444. The van der Waals surface area contributed by atoms with Gasteiger partial charge >= 0.3 is 13.1 Å². The molecule has 1 aliphatic rings. The first-order valence-electron chi connectivity index (χ1n) is 9.45. The van der Waals surface area contributed by atoms with Gasteiger partial charge in [-0.1, -0.05) is 31.2 Å². The van der Waals surface area contributed by atoms with Gasteiger partial charge in [0.2, 0.25) is 5.91 Å². The van der Waals surface area contributed by atoms with Crippen LogP contribution in [-0.2, 0) is 24.2 Å². The molecule has 2 heterocycles. The van der Waals surface area contributed by atoms with Crippen molar-refractivity contribution in [1.82, 2.24) is 25.6 Å². The molecule has 0 saturated carbocycles. The smallest absolute Gasteiger partial charge is 0.534 e. The van der Waals surface area contributed by atoms with E-state index < -0.39 is 19.0 Å². The van der Waals surface area contributed by atoms with Crippen molar-refractivity contribution in [1.29, 1.82) is 0 Å². The van der Waals surface area contributed by atoms with Crippen LogP contribution in [0.5, 0.6) is 5.75 Å². The molecule has 1 aromatic heterocycles. The van der Waals surface area contributed by atoms with E-state index in [0.29, 0.717) is 18.0 Å². The second-order valence-corrected chi connectivity index (χ2v) is 7.25. The number of carbonyl (C=O) groups is 2. The Kier molecular flexibility index (Phi) is 6.50. The Balaban J connectivity index is 1.57. The average molecular weight is 401 g/mol. The number of aromatic nitrogens is 3. The summed E-state index contributed by atoms with van der Waals surface area (Å²) in [6.45, 7) is 4.85. The van der Waals surface area contributed by atoms with E-state index in [1.807, 2.05) is 0 Å². The molecule has 2 aromatic rings. The summed E-state index contributed by atoms with van der Waals surface area (Å²) in [7, 11) is -1.35. The molecule has 0 bridgehead atoms. The quantitative estimate of drug-likeness (QED) is 0.441. The van der Waals surface area contributed by atoms with Crippen molar-refractivity contribution in [3.8, 4) is 5.75 Å². The van der Waals surface area contributed by atoms with Gasteiger partial charge in [-0.05, 0) is 18.1 Å². The Bertz CT molecular complexity index is 887. The number of para-hydroxylation sites is 1. The van der Waals surface area contributed by atoms with E-state index in [4.69, 9.17) is 4.65 Å². The minimum absolute atomic E-state index is 0.0200. The molecule has 1 unspecified atom stereocenters. The van der Waals surface area contributed by atoms with Crippen LogP contribution in [-0.4, -0.2) is 62.6 Å². The zero-order valence-corrected chi connectivity index (χ0v) is 16.3. The monoisotopic (exact) mass is 401 g/mol. The Labute approximate surface area is 168 Å². The topological polar surface area (TPSA) is 139 Å². The third-order valence-electron chi connectivity index (χ3n) is 4.52. The normalized spacial score (nSPS) is 15.7. The van der Waals surface area contributed by atoms with Crippen LogP contribution in [0.2, 0.25) is 0 Å². The Hall–Kier alpha value is -2.92. The van der Waals surface area contributed by atoms with Gasteiger partial charge in [-0.3, -0.25) is 4.79 Å². The molecule has 0 aliphatic carbocycles. The van der Waals surface area contributed by atoms with Gasteiger partial charge in [-0.25, -0.2) is 9.48 Å². The average Bonchev–Trinajstić information content (AvgIpc) is 3.08. The van der Waals surface area contributed by atoms with Gasteiger partial charge in [0.05, 0.1) is 17.2 Å². The summed E-state index contributed by atoms with van der Waals surface area (Å²) in [4.78, 5) is 23.6. The van der Waals surface area contributed by atoms with Crippen LogP contribution in [0, 0.1) is 0 Å². The number of fused-ring (bicyclic) bond motifs is 1. The highest BCUT2D eigenvalue weighted by Crippen LogP contribution is 2.30. The molecule has 11 heteroatoms. The first-order chi connectivity index (χ1) is 13.8. The van der Waals surface area contributed by atoms with Gasteiger partial charge in [0.15, 0.2) is 0 Å². The highest BCUT2D eigenvalue weighted by atomic mass is 16.5. The Morgan fingerprint density at radius 1 is 1.41 bits per heavy atom.